The highest BCUT2D eigenvalue weighted by molar-refractivity contribution is 5.28. The molecule has 110 valence electrons. The van der Waals surface area contributed by atoms with Crippen LogP contribution in [0.5, 0.6) is 5.75 Å². The SMILES string of the molecule is CCC(C#N)(CCCOc1cccc(COC)c1)NC. The average molecular weight is 276 g/mol. The molecule has 4 nitrogen and oxygen atoms in total. The van der Waals surface area contributed by atoms with Gasteiger partial charge in [-0.15, -0.1) is 0 Å². The van der Waals surface area contributed by atoms with Gasteiger partial charge in [0.1, 0.15) is 11.3 Å². The topological polar surface area (TPSA) is 54.3 Å². The zero-order valence-electron chi connectivity index (χ0n) is 12.6. The van der Waals surface area contributed by atoms with E-state index in [9.17, 15) is 5.26 Å². The summed E-state index contributed by atoms with van der Waals surface area (Å²) in [5.41, 5.74) is 0.668. The number of benzene rings is 1. The summed E-state index contributed by atoms with van der Waals surface area (Å²) < 4.78 is 10.8. The Labute approximate surface area is 121 Å². The normalized spacial score (nSPS) is 13.5. The number of nitriles is 1. The van der Waals surface area contributed by atoms with Gasteiger partial charge in [0.2, 0.25) is 0 Å². The third-order valence-electron chi connectivity index (χ3n) is 3.52. The Kier molecular flexibility index (Phi) is 7.06. The monoisotopic (exact) mass is 276 g/mol. The van der Waals surface area contributed by atoms with Crippen LogP contribution in [0.2, 0.25) is 0 Å². The number of methoxy groups -OCH3 is 1. The van der Waals surface area contributed by atoms with Gasteiger partial charge in [-0.05, 0) is 44.0 Å². The average Bonchev–Trinajstić information content (AvgIpc) is 2.49. The van der Waals surface area contributed by atoms with Crippen LogP contribution in [0.1, 0.15) is 31.7 Å². The number of ether oxygens (including phenoxy) is 2. The fourth-order valence-electron chi connectivity index (χ4n) is 2.13. The second-order valence-electron chi connectivity index (χ2n) is 4.83. The van der Waals surface area contributed by atoms with E-state index in [0.717, 1.165) is 30.6 Å². The van der Waals surface area contributed by atoms with Gasteiger partial charge < -0.3 is 14.8 Å². The largest absolute Gasteiger partial charge is 0.494 e. The molecule has 1 aromatic rings. The minimum absolute atomic E-state index is 0.429. The summed E-state index contributed by atoms with van der Waals surface area (Å²) in [6.45, 7) is 3.22. The quantitative estimate of drug-likeness (QED) is 0.705. The maximum absolute atomic E-state index is 9.22. The Hall–Kier alpha value is -1.57. The Morgan fingerprint density at radius 2 is 2.20 bits per heavy atom. The second kappa shape index (κ2) is 8.57. The lowest BCUT2D eigenvalue weighted by Gasteiger charge is -2.24. The van der Waals surface area contributed by atoms with Crippen molar-refractivity contribution in [2.24, 2.45) is 0 Å². The Balaban J connectivity index is 2.41. The van der Waals surface area contributed by atoms with E-state index in [1.807, 2.05) is 38.2 Å². The number of nitrogens with zero attached hydrogens (tertiary/aromatic N) is 1. The highest BCUT2D eigenvalue weighted by atomic mass is 16.5. The van der Waals surface area contributed by atoms with Gasteiger partial charge in [-0.3, -0.25) is 0 Å². The first kappa shape index (κ1) is 16.5. The smallest absolute Gasteiger partial charge is 0.119 e. The molecule has 1 rings (SSSR count). The lowest BCUT2D eigenvalue weighted by molar-refractivity contribution is 0.184. The molecule has 0 aliphatic heterocycles. The van der Waals surface area contributed by atoms with Crippen LogP contribution in [0.15, 0.2) is 24.3 Å². The first-order chi connectivity index (χ1) is 9.69. The highest BCUT2D eigenvalue weighted by Gasteiger charge is 2.24. The molecule has 0 spiro atoms. The van der Waals surface area contributed by atoms with Gasteiger partial charge in [0.25, 0.3) is 0 Å². The van der Waals surface area contributed by atoms with E-state index in [1.165, 1.54) is 0 Å². The summed E-state index contributed by atoms with van der Waals surface area (Å²) in [7, 11) is 3.51. The van der Waals surface area contributed by atoms with Crippen molar-refractivity contribution in [3.05, 3.63) is 29.8 Å². The van der Waals surface area contributed by atoms with Crippen LogP contribution >= 0.6 is 0 Å². The number of hydrogen-bond acceptors (Lipinski definition) is 4. The van der Waals surface area contributed by atoms with E-state index in [-0.39, 0.29) is 0 Å². The number of rotatable bonds is 9. The molecule has 0 saturated heterocycles. The molecule has 0 heterocycles. The molecule has 1 N–H and O–H groups in total. The van der Waals surface area contributed by atoms with Gasteiger partial charge in [-0.25, -0.2) is 0 Å². The second-order valence-corrected chi connectivity index (χ2v) is 4.83. The minimum atomic E-state index is -0.429. The fourth-order valence-corrected chi connectivity index (χ4v) is 2.13. The van der Waals surface area contributed by atoms with E-state index in [1.54, 1.807) is 7.11 Å². The van der Waals surface area contributed by atoms with Crippen molar-refractivity contribution in [2.45, 2.75) is 38.3 Å². The van der Waals surface area contributed by atoms with E-state index in [2.05, 4.69) is 11.4 Å². The maximum atomic E-state index is 9.22. The molecular weight excluding hydrogens is 252 g/mol. The van der Waals surface area contributed by atoms with Crippen molar-refractivity contribution >= 4 is 0 Å². The summed E-state index contributed by atoms with van der Waals surface area (Å²) in [4.78, 5) is 0. The van der Waals surface area contributed by atoms with Crippen LogP contribution in [-0.4, -0.2) is 26.3 Å². The van der Waals surface area contributed by atoms with Gasteiger partial charge in [0.15, 0.2) is 0 Å². The summed E-state index contributed by atoms with van der Waals surface area (Å²) in [5.74, 6) is 0.850. The third-order valence-corrected chi connectivity index (χ3v) is 3.52. The third kappa shape index (κ3) is 4.84. The van der Waals surface area contributed by atoms with Crippen LogP contribution in [0.3, 0.4) is 0 Å². The molecular formula is C16H24N2O2. The van der Waals surface area contributed by atoms with Crippen LogP contribution in [0.25, 0.3) is 0 Å². The van der Waals surface area contributed by atoms with E-state index in [0.29, 0.717) is 13.2 Å². The van der Waals surface area contributed by atoms with Crippen molar-refractivity contribution in [2.75, 3.05) is 20.8 Å². The Morgan fingerprint density at radius 1 is 1.40 bits per heavy atom. The first-order valence-electron chi connectivity index (χ1n) is 7.00. The Bertz CT molecular complexity index is 436. The van der Waals surface area contributed by atoms with Crippen LogP contribution in [0.4, 0.5) is 0 Å². The molecule has 0 saturated carbocycles. The molecule has 0 aromatic heterocycles. The number of hydrogen-bond donors (Lipinski definition) is 1. The lowest BCUT2D eigenvalue weighted by Crippen LogP contribution is -2.41. The molecule has 1 aromatic carbocycles. The van der Waals surface area contributed by atoms with Crippen molar-refractivity contribution < 1.29 is 9.47 Å². The van der Waals surface area contributed by atoms with E-state index < -0.39 is 5.54 Å². The van der Waals surface area contributed by atoms with Crippen LogP contribution in [0, 0.1) is 11.3 Å². The van der Waals surface area contributed by atoms with Gasteiger partial charge in [0.05, 0.1) is 19.3 Å². The van der Waals surface area contributed by atoms with E-state index in [4.69, 9.17) is 9.47 Å². The molecule has 0 bridgehead atoms. The van der Waals surface area contributed by atoms with Gasteiger partial charge in [0, 0.05) is 7.11 Å². The number of nitrogens with one attached hydrogen (secondary N) is 1. The molecule has 0 aliphatic rings. The molecule has 20 heavy (non-hydrogen) atoms. The summed E-state index contributed by atoms with van der Waals surface area (Å²) in [6, 6.07) is 10.3. The molecule has 0 amide bonds. The standard InChI is InChI=1S/C16H24N2O2/c1-4-16(13-17,18-2)9-6-10-20-15-8-5-7-14(11-15)12-19-3/h5,7-8,11,18H,4,6,9-10,12H2,1-3H3. The summed E-state index contributed by atoms with van der Waals surface area (Å²) >= 11 is 0. The van der Waals surface area contributed by atoms with Crippen molar-refractivity contribution in [3.63, 3.8) is 0 Å². The molecule has 4 heteroatoms. The van der Waals surface area contributed by atoms with Gasteiger partial charge in [-0.1, -0.05) is 19.1 Å². The molecule has 0 fully saturated rings. The first-order valence-corrected chi connectivity index (χ1v) is 7.00. The molecule has 1 unspecified atom stereocenters. The maximum Gasteiger partial charge on any atom is 0.119 e. The zero-order valence-corrected chi connectivity index (χ0v) is 12.6. The van der Waals surface area contributed by atoms with Crippen molar-refractivity contribution in [3.8, 4) is 11.8 Å². The lowest BCUT2D eigenvalue weighted by atomic mass is 9.92. The summed E-state index contributed by atoms with van der Waals surface area (Å²) in [5, 5.41) is 12.3. The van der Waals surface area contributed by atoms with Crippen LogP contribution < -0.4 is 10.1 Å². The van der Waals surface area contributed by atoms with E-state index >= 15 is 0 Å². The molecule has 1 atom stereocenters. The Morgan fingerprint density at radius 3 is 2.80 bits per heavy atom. The highest BCUT2D eigenvalue weighted by Crippen LogP contribution is 2.18. The van der Waals surface area contributed by atoms with Gasteiger partial charge in [-0.2, -0.15) is 5.26 Å². The summed E-state index contributed by atoms with van der Waals surface area (Å²) in [6.07, 6.45) is 2.42. The predicted molar refractivity (Wildman–Crippen MR) is 79.6 cm³/mol. The molecule has 0 radical (unpaired) electrons. The fraction of sp³-hybridized carbons (Fsp3) is 0.562. The van der Waals surface area contributed by atoms with Crippen LogP contribution in [-0.2, 0) is 11.3 Å². The molecule has 0 aliphatic carbocycles. The van der Waals surface area contributed by atoms with Crippen molar-refractivity contribution in [1.82, 2.24) is 5.32 Å². The van der Waals surface area contributed by atoms with Crippen molar-refractivity contribution in [1.29, 1.82) is 5.26 Å². The zero-order chi connectivity index (χ0) is 14.8. The van der Waals surface area contributed by atoms with Gasteiger partial charge >= 0.3 is 0 Å². The predicted octanol–water partition coefficient (Wildman–Crippen LogP) is 2.88. The minimum Gasteiger partial charge on any atom is -0.494 e.